The number of hydrogen-bond donors (Lipinski definition) is 1. The number of nitrogens with zero attached hydrogens (tertiary/aromatic N) is 2. The van der Waals surface area contributed by atoms with Crippen LogP contribution in [0.1, 0.15) is 11.3 Å². The fourth-order valence-corrected chi connectivity index (χ4v) is 1.95. The molecule has 2 rings (SSSR count). The number of aromatic nitrogens is 2. The van der Waals surface area contributed by atoms with Gasteiger partial charge in [0.25, 0.3) is 0 Å². The summed E-state index contributed by atoms with van der Waals surface area (Å²) >= 11 is 0. The highest BCUT2D eigenvalue weighted by atomic mass is 15.3. The van der Waals surface area contributed by atoms with Gasteiger partial charge in [-0.3, -0.25) is 4.68 Å². The zero-order valence-electron chi connectivity index (χ0n) is 10.7. The molecular weight excluding hydrogens is 210 g/mol. The second-order valence-corrected chi connectivity index (χ2v) is 4.36. The molecule has 0 saturated carbocycles. The summed E-state index contributed by atoms with van der Waals surface area (Å²) in [5.41, 5.74) is 4.85. The second kappa shape index (κ2) is 5.15. The third kappa shape index (κ3) is 2.74. The van der Waals surface area contributed by atoms with Crippen LogP contribution in [-0.2, 0) is 6.54 Å². The maximum Gasteiger partial charge on any atom is 0.0672 e. The predicted octanol–water partition coefficient (Wildman–Crippen LogP) is 2.39. The summed E-state index contributed by atoms with van der Waals surface area (Å²) in [6.07, 6.45) is 2.13. The molecule has 0 radical (unpaired) electrons. The Morgan fingerprint density at radius 2 is 2.12 bits per heavy atom. The molecule has 0 fully saturated rings. The Hall–Kier alpha value is -1.61. The fraction of sp³-hybridized carbons (Fsp3) is 0.357. The lowest BCUT2D eigenvalue weighted by molar-refractivity contribution is 0.581. The number of hydrogen-bond acceptors (Lipinski definition) is 2. The molecule has 3 heteroatoms. The molecule has 0 unspecified atom stereocenters. The Labute approximate surface area is 102 Å². The van der Waals surface area contributed by atoms with Crippen molar-refractivity contribution in [1.82, 2.24) is 15.1 Å². The van der Waals surface area contributed by atoms with Gasteiger partial charge in [-0.1, -0.05) is 29.8 Å². The molecule has 90 valence electrons. The fourth-order valence-electron chi connectivity index (χ4n) is 1.95. The quantitative estimate of drug-likeness (QED) is 0.872. The first-order valence-electron chi connectivity index (χ1n) is 5.96. The number of likely N-dealkylation sites (N-methyl/N-ethyl adjacent to an activating group) is 1. The SMILES string of the molecule is CNCCn1cc(-c2cccc(C)c2)c(C)n1. The first kappa shape index (κ1) is 11.9. The molecule has 3 nitrogen and oxygen atoms in total. The van der Waals surface area contributed by atoms with Gasteiger partial charge in [0.05, 0.1) is 12.2 Å². The second-order valence-electron chi connectivity index (χ2n) is 4.36. The van der Waals surface area contributed by atoms with Gasteiger partial charge in [-0.25, -0.2) is 0 Å². The summed E-state index contributed by atoms with van der Waals surface area (Å²) < 4.78 is 2.00. The van der Waals surface area contributed by atoms with Crippen molar-refractivity contribution in [2.45, 2.75) is 20.4 Å². The lowest BCUT2D eigenvalue weighted by Gasteiger charge is -2.00. The van der Waals surface area contributed by atoms with Gasteiger partial charge < -0.3 is 5.32 Å². The standard InChI is InChI=1S/C14H19N3/c1-11-5-4-6-13(9-11)14-10-17(8-7-15-3)16-12(14)2/h4-6,9-10,15H,7-8H2,1-3H3. The molecule has 17 heavy (non-hydrogen) atoms. The third-order valence-corrected chi connectivity index (χ3v) is 2.87. The van der Waals surface area contributed by atoms with Gasteiger partial charge in [0, 0.05) is 18.3 Å². The van der Waals surface area contributed by atoms with Crippen LogP contribution in [0.3, 0.4) is 0 Å². The number of aryl methyl sites for hydroxylation is 2. The summed E-state index contributed by atoms with van der Waals surface area (Å²) in [7, 11) is 1.96. The molecule has 0 atom stereocenters. The minimum Gasteiger partial charge on any atom is -0.318 e. The van der Waals surface area contributed by atoms with Crippen LogP contribution in [-0.4, -0.2) is 23.4 Å². The van der Waals surface area contributed by atoms with Crippen molar-refractivity contribution >= 4 is 0 Å². The van der Waals surface area contributed by atoms with E-state index in [2.05, 4.69) is 54.7 Å². The van der Waals surface area contributed by atoms with Crippen molar-refractivity contribution in [3.8, 4) is 11.1 Å². The van der Waals surface area contributed by atoms with Crippen LogP contribution in [0.5, 0.6) is 0 Å². The first-order chi connectivity index (χ1) is 8.20. The van der Waals surface area contributed by atoms with Crippen LogP contribution in [0.2, 0.25) is 0 Å². The van der Waals surface area contributed by atoms with Gasteiger partial charge in [-0.05, 0) is 26.5 Å². The van der Waals surface area contributed by atoms with Crippen molar-refractivity contribution in [3.63, 3.8) is 0 Å². The average molecular weight is 229 g/mol. The maximum atomic E-state index is 4.53. The van der Waals surface area contributed by atoms with Crippen molar-refractivity contribution in [2.75, 3.05) is 13.6 Å². The smallest absolute Gasteiger partial charge is 0.0672 e. The third-order valence-electron chi connectivity index (χ3n) is 2.87. The van der Waals surface area contributed by atoms with Gasteiger partial charge in [0.15, 0.2) is 0 Å². The Bertz CT molecular complexity index is 500. The minimum atomic E-state index is 0.906. The zero-order valence-corrected chi connectivity index (χ0v) is 10.7. The number of benzene rings is 1. The lowest BCUT2D eigenvalue weighted by Crippen LogP contribution is -2.15. The van der Waals surface area contributed by atoms with Gasteiger partial charge >= 0.3 is 0 Å². The van der Waals surface area contributed by atoms with Crippen LogP contribution >= 0.6 is 0 Å². The number of rotatable bonds is 4. The molecule has 0 amide bonds. The normalized spacial score (nSPS) is 10.8. The van der Waals surface area contributed by atoms with Gasteiger partial charge in [0.2, 0.25) is 0 Å². The summed E-state index contributed by atoms with van der Waals surface area (Å²) in [5.74, 6) is 0. The highest BCUT2D eigenvalue weighted by Crippen LogP contribution is 2.23. The van der Waals surface area contributed by atoms with Gasteiger partial charge in [0.1, 0.15) is 0 Å². The predicted molar refractivity (Wildman–Crippen MR) is 71.1 cm³/mol. The van der Waals surface area contributed by atoms with Crippen molar-refractivity contribution in [1.29, 1.82) is 0 Å². The molecule has 1 aromatic heterocycles. The minimum absolute atomic E-state index is 0.906. The van der Waals surface area contributed by atoms with Gasteiger partial charge in [-0.15, -0.1) is 0 Å². The van der Waals surface area contributed by atoms with E-state index in [1.165, 1.54) is 16.7 Å². The lowest BCUT2D eigenvalue weighted by atomic mass is 10.0. The van der Waals surface area contributed by atoms with E-state index >= 15 is 0 Å². The zero-order chi connectivity index (χ0) is 12.3. The van der Waals surface area contributed by atoms with Crippen LogP contribution in [0.25, 0.3) is 11.1 Å². The Kier molecular flexibility index (Phi) is 3.59. The topological polar surface area (TPSA) is 29.9 Å². The van der Waals surface area contributed by atoms with E-state index in [-0.39, 0.29) is 0 Å². The van der Waals surface area contributed by atoms with Crippen LogP contribution in [0.4, 0.5) is 0 Å². The van der Waals surface area contributed by atoms with E-state index < -0.39 is 0 Å². The largest absolute Gasteiger partial charge is 0.318 e. The molecule has 0 aliphatic heterocycles. The van der Waals surface area contributed by atoms with Crippen LogP contribution < -0.4 is 5.32 Å². The molecular formula is C14H19N3. The first-order valence-corrected chi connectivity index (χ1v) is 5.96. The van der Waals surface area contributed by atoms with Gasteiger partial charge in [-0.2, -0.15) is 5.10 Å². The monoisotopic (exact) mass is 229 g/mol. The summed E-state index contributed by atoms with van der Waals surface area (Å²) in [4.78, 5) is 0. The summed E-state index contributed by atoms with van der Waals surface area (Å²) in [5, 5.41) is 7.66. The summed E-state index contributed by atoms with van der Waals surface area (Å²) in [6.45, 7) is 6.02. The Balaban J connectivity index is 2.29. The number of nitrogens with one attached hydrogen (secondary N) is 1. The van der Waals surface area contributed by atoms with E-state index in [4.69, 9.17) is 0 Å². The molecule has 1 aromatic carbocycles. The van der Waals surface area contributed by atoms with E-state index in [0.29, 0.717) is 0 Å². The molecule has 1 N–H and O–H groups in total. The Morgan fingerprint density at radius 3 is 2.82 bits per heavy atom. The molecule has 1 heterocycles. The van der Waals surface area contributed by atoms with Crippen molar-refractivity contribution in [3.05, 3.63) is 41.7 Å². The molecule has 0 saturated heterocycles. The van der Waals surface area contributed by atoms with E-state index in [0.717, 1.165) is 18.8 Å². The summed E-state index contributed by atoms with van der Waals surface area (Å²) in [6, 6.07) is 8.55. The highest BCUT2D eigenvalue weighted by Gasteiger charge is 2.06. The molecule has 0 aliphatic rings. The van der Waals surface area contributed by atoms with Crippen molar-refractivity contribution in [2.24, 2.45) is 0 Å². The average Bonchev–Trinajstić information content (AvgIpc) is 2.68. The van der Waals surface area contributed by atoms with Crippen LogP contribution in [0.15, 0.2) is 30.5 Å². The van der Waals surface area contributed by atoms with Crippen LogP contribution in [0, 0.1) is 13.8 Å². The molecule has 0 aliphatic carbocycles. The molecule has 2 aromatic rings. The molecule has 0 spiro atoms. The van der Waals surface area contributed by atoms with Crippen molar-refractivity contribution < 1.29 is 0 Å². The van der Waals surface area contributed by atoms with E-state index in [9.17, 15) is 0 Å². The Morgan fingerprint density at radius 1 is 1.29 bits per heavy atom. The molecule has 0 bridgehead atoms. The highest BCUT2D eigenvalue weighted by molar-refractivity contribution is 5.65. The maximum absolute atomic E-state index is 4.53. The van der Waals surface area contributed by atoms with E-state index in [1.807, 2.05) is 11.7 Å². The van der Waals surface area contributed by atoms with E-state index in [1.54, 1.807) is 0 Å².